The van der Waals surface area contributed by atoms with Gasteiger partial charge in [0.15, 0.2) is 8.32 Å². The van der Waals surface area contributed by atoms with Gasteiger partial charge in [0.2, 0.25) is 0 Å². The third kappa shape index (κ3) is 4.40. The largest absolute Gasteiger partial charge is 0.444 e. The minimum Gasteiger partial charge on any atom is -0.444 e. The van der Waals surface area contributed by atoms with Gasteiger partial charge in [-0.25, -0.2) is 9.18 Å². The first-order valence-corrected chi connectivity index (χ1v) is 13.0. The molecule has 30 heavy (non-hydrogen) atoms. The van der Waals surface area contributed by atoms with Crippen molar-refractivity contribution in [2.45, 2.75) is 57.5 Å². The van der Waals surface area contributed by atoms with Crippen molar-refractivity contribution in [2.75, 3.05) is 36.0 Å². The summed E-state index contributed by atoms with van der Waals surface area (Å²) in [7, 11) is -1.91. The molecule has 1 amide bonds. The van der Waals surface area contributed by atoms with E-state index >= 15 is 0 Å². The maximum absolute atomic E-state index is 14.9. The minimum absolute atomic E-state index is 0.0555. The highest BCUT2D eigenvalue weighted by Crippen LogP contribution is 2.42. The van der Waals surface area contributed by atoms with Crippen LogP contribution in [0.4, 0.5) is 20.6 Å². The first-order valence-electron chi connectivity index (χ1n) is 10.1. The van der Waals surface area contributed by atoms with Gasteiger partial charge in [0.05, 0.1) is 30.1 Å². The lowest BCUT2D eigenvalue weighted by Gasteiger charge is -2.54. The number of halogens is 1. The highest BCUT2D eigenvalue weighted by Gasteiger charge is 2.48. The smallest absolute Gasteiger partial charge is 0.414 e. The predicted octanol–water partition coefficient (Wildman–Crippen LogP) is 5.06. The number of rotatable bonds is 6. The molecule has 1 aromatic carbocycles. The summed E-state index contributed by atoms with van der Waals surface area (Å²) in [6, 6.07) is 4.74. The lowest BCUT2D eigenvalue weighted by Crippen LogP contribution is -2.66. The summed E-state index contributed by atoms with van der Waals surface area (Å²) in [4.78, 5) is 18.0. The van der Waals surface area contributed by atoms with E-state index < -0.39 is 26.3 Å². The van der Waals surface area contributed by atoms with Crippen LogP contribution >= 0.6 is 0 Å². The average Bonchev–Trinajstić information content (AvgIpc) is 2.97. The van der Waals surface area contributed by atoms with Gasteiger partial charge in [-0.1, -0.05) is 25.9 Å². The molecule has 0 unspecified atom stereocenters. The van der Waals surface area contributed by atoms with E-state index in [0.717, 1.165) is 0 Å². The third-order valence-corrected chi connectivity index (χ3v) is 10.8. The minimum atomic E-state index is -1.91. The number of azide groups is 1. The number of ether oxygens (including phenoxy) is 1. The van der Waals surface area contributed by atoms with Gasteiger partial charge in [0.25, 0.3) is 0 Å². The second kappa shape index (κ2) is 7.75. The van der Waals surface area contributed by atoms with Gasteiger partial charge in [-0.05, 0) is 48.8 Å². The summed E-state index contributed by atoms with van der Waals surface area (Å²) in [6.07, 6.45) is -1.10. The zero-order valence-electron chi connectivity index (χ0n) is 18.5. The first-order chi connectivity index (χ1) is 13.9. The number of benzene rings is 1. The van der Waals surface area contributed by atoms with Crippen LogP contribution in [0.2, 0.25) is 18.1 Å². The average molecular weight is 436 g/mol. The fourth-order valence-electron chi connectivity index (χ4n) is 3.64. The van der Waals surface area contributed by atoms with E-state index in [4.69, 9.17) is 14.7 Å². The molecule has 2 heterocycles. The van der Waals surface area contributed by atoms with Crippen LogP contribution in [-0.2, 0) is 9.16 Å². The molecular weight excluding hydrogens is 405 g/mol. The fourth-order valence-corrected chi connectivity index (χ4v) is 5.31. The number of anilines is 2. The van der Waals surface area contributed by atoms with Gasteiger partial charge in [-0.3, -0.25) is 4.90 Å². The van der Waals surface area contributed by atoms with Crippen LogP contribution < -0.4 is 9.80 Å². The molecular formula is C20H30FN5O3Si. The van der Waals surface area contributed by atoms with E-state index in [1.54, 1.807) is 12.1 Å². The zero-order chi connectivity index (χ0) is 22.3. The van der Waals surface area contributed by atoms with Crippen molar-refractivity contribution < 1.29 is 18.3 Å². The van der Waals surface area contributed by atoms with Gasteiger partial charge < -0.3 is 14.1 Å². The molecule has 2 aliphatic rings. The number of hydrogen-bond donors (Lipinski definition) is 0. The molecule has 0 bridgehead atoms. The van der Waals surface area contributed by atoms with Crippen LogP contribution in [0.15, 0.2) is 23.3 Å². The summed E-state index contributed by atoms with van der Waals surface area (Å²) >= 11 is 0. The molecule has 0 saturated carbocycles. The second-order valence-corrected chi connectivity index (χ2v) is 14.6. The number of carbonyl (C=O) groups is 1. The second-order valence-electron chi connectivity index (χ2n) is 9.83. The Balaban J connectivity index is 1.66. The topological polar surface area (TPSA) is 90.8 Å². The third-order valence-electron chi connectivity index (χ3n) is 6.16. The SMILES string of the molecule is CC1(O[Si](C)(C)C(C)(C)C)CN(c2ccc(N3C[C@H](CN=[N+]=[N-])OC3=O)cc2F)C1. The summed E-state index contributed by atoms with van der Waals surface area (Å²) in [5.74, 6) is -0.395. The number of amides is 1. The highest BCUT2D eigenvalue weighted by molar-refractivity contribution is 6.74. The summed E-state index contributed by atoms with van der Waals surface area (Å²) in [5.41, 5.74) is 9.03. The van der Waals surface area contributed by atoms with Gasteiger partial charge in [-0.2, -0.15) is 0 Å². The van der Waals surface area contributed by atoms with Gasteiger partial charge in [0.1, 0.15) is 11.9 Å². The van der Waals surface area contributed by atoms with Crippen molar-refractivity contribution in [1.29, 1.82) is 0 Å². The standard InChI is InChI=1S/C20H30FN5O3Si/c1-19(2,3)30(5,6)29-20(4)12-25(13-20)17-8-7-14(9-16(17)21)26-11-15(10-23-24-22)28-18(26)27/h7-9,15H,10-13H2,1-6H3/t15-/m0/s1. The summed E-state index contributed by atoms with van der Waals surface area (Å²) in [5, 5.41) is 3.55. The van der Waals surface area contributed by atoms with E-state index in [0.29, 0.717) is 24.5 Å². The van der Waals surface area contributed by atoms with Crippen LogP contribution in [0, 0.1) is 5.82 Å². The van der Waals surface area contributed by atoms with Gasteiger partial charge in [0, 0.05) is 18.0 Å². The van der Waals surface area contributed by atoms with Gasteiger partial charge in [-0.15, -0.1) is 0 Å². The summed E-state index contributed by atoms with van der Waals surface area (Å²) in [6.45, 7) is 14.7. The van der Waals surface area contributed by atoms with Crippen LogP contribution in [0.25, 0.3) is 10.4 Å². The molecule has 1 aromatic rings. The molecule has 2 fully saturated rings. The molecule has 2 aliphatic heterocycles. The summed E-state index contributed by atoms with van der Waals surface area (Å²) < 4.78 is 26.6. The molecule has 1 atom stereocenters. The van der Waals surface area contributed by atoms with Crippen molar-refractivity contribution >= 4 is 25.8 Å². The van der Waals surface area contributed by atoms with Crippen molar-refractivity contribution in [1.82, 2.24) is 0 Å². The molecule has 0 radical (unpaired) electrons. The number of nitrogens with zero attached hydrogens (tertiary/aromatic N) is 5. The van der Waals surface area contributed by atoms with E-state index in [-0.39, 0.29) is 23.7 Å². The van der Waals surface area contributed by atoms with Crippen molar-refractivity contribution in [3.8, 4) is 0 Å². The zero-order valence-corrected chi connectivity index (χ0v) is 19.5. The molecule has 8 nitrogen and oxygen atoms in total. The first kappa shape index (κ1) is 22.4. The highest BCUT2D eigenvalue weighted by atomic mass is 28.4. The molecule has 0 spiro atoms. The Labute approximate surface area is 177 Å². The Kier molecular flexibility index (Phi) is 5.79. The molecule has 0 N–H and O–H groups in total. The number of hydrogen-bond acceptors (Lipinski definition) is 5. The van der Waals surface area contributed by atoms with Gasteiger partial charge >= 0.3 is 6.09 Å². The molecule has 10 heteroatoms. The number of cyclic esters (lactones) is 1. The predicted molar refractivity (Wildman–Crippen MR) is 117 cm³/mol. The lowest BCUT2D eigenvalue weighted by molar-refractivity contribution is 0.0427. The molecule has 164 valence electrons. The molecule has 2 saturated heterocycles. The molecule has 0 aliphatic carbocycles. The van der Waals surface area contributed by atoms with Crippen LogP contribution in [-0.4, -0.2) is 52.3 Å². The van der Waals surface area contributed by atoms with Crippen LogP contribution in [0.3, 0.4) is 0 Å². The van der Waals surface area contributed by atoms with E-state index in [1.165, 1.54) is 11.0 Å². The lowest BCUT2D eigenvalue weighted by atomic mass is 9.96. The Morgan fingerprint density at radius 2 is 2.07 bits per heavy atom. The van der Waals surface area contributed by atoms with E-state index in [1.807, 2.05) is 4.90 Å². The normalized spacial score (nSPS) is 21.2. The quantitative estimate of drug-likeness (QED) is 0.270. The Bertz CT molecular complexity index is 876. The van der Waals surface area contributed by atoms with Crippen molar-refractivity contribution in [3.63, 3.8) is 0 Å². The van der Waals surface area contributed by atoms with E-state index in [2.05, 4.69) is 50.8 Å². The van der Waals surface area contributed by atoms with Crippen molar-refractivity contribution in [2.24, 2.45) is 5.11 Å². The van der Waals surface area contributed by atoms with Crippen molar-refractivity contribution in [3.05, 3.63) is 34.5 Å². The Hall–Kier alpha value is -2.29. The molecule has 0 aromatic heterocycles. The maximum Gasteiger partial charge on any atom is 0.414 e. The van der Waals surface area contributed by atoms with Crippen LogP contribution in [0.1, 0.15) is 27.7 Å². The monoisotopic (exact) mass is 435 g/mol. The number of carbonyl (C=O) groups excluding carboxylic acids is 1. The Morgan fingerprint density at radius 3 is 2.63 bits per heavy atom. The fraction of sp³-hybridized carbons (Fsp3) is 0.650. The maximum atomic E-state index is 14.9. The Morgan fingerprint density at radius 1 is 1.40 bits per heavy atom. The van der Waals surface area contributed by atoms with E-state index in [9.17, 15) is 9.18 Å². The van der Waals surface area contributed by atoms with Crippen LogP contribution in [0.5, 0.6) is 0 Å². The molecule has 3 rings (SSSR count).